The van der Waals surface area contributed by atoms with Crippen molar-refractivity contribution in [1.29, 1.82) is 0 Å². The van der Waals surface area contributed by atoms with Crippen molar-refractivity contribution < 1.29 is 13.9 Å². The molecule has 7 heteroatoms. The highest BCUT2D eigenvalue weighted by Crippen LogP contribution is 2.29. The van der Waals surface area contributed by atoms with Crippen molar-refractivity contribution in [1.82, 2.24) is 14.7 Å². The van der Waals surface area contributed by atoms with Crippen LogP contribution < -0.4 is 4.74 Å². The van der Waals surface area contributed by atoms with Crippen LogP contribution in [0.25, 0.3) is 0 Å². The Balaban J connectivity index is 1.19. The van der Waals surface area contributed by atoms with E-state index < -0.39 is 0 Å². The van der Waals surface area contributed by atoms with Gasteiger partial charge >= 0.3 is 0 Å². The molecule has 2 heterocycles. The Morgan fingerprint density at radius 2 is 1.87 bits per heavy atom. The van der Waals surface area contributed by atoms with Gasteiger partial charge in [0.25, 0.3) is 0 Å². The molecule has 2 aliphatic rings. The van der Waals surface area contributed by atoms with Crippen LogP contribution >= 0.6 is 11.6 Å². The lowest BCUT2D eigenvalue weighted by molar-refractivity contribution is -0.134. The summed E-state index contributed by atoms with van der Waals surface area (Å²) >= 11 is 6.13. The molecule has 0 atom stereocenters. The van der Waals surface area contributed by atoms with Crippen molar-refractivity contribution in [3.63, 3.8) is 0 Å². The van der Waals surface area contributed by atoms with Crippen molar-refractivity contribution >= 4 is 17.5 Å². The van der Waals surface area contributed by atoms with Gasteiger partial charge in [-0.05, 0) is 44.0 Å². The molecule has 1 saturated heterocycles. The second-order valence-electron chi connectivity index (χ2n) is 8.16. The van der Waals surface area contributed by atoms with E-state index in [1.165, 1.54) is 0 Å². The molecule has 0 bridgehead atoms. The zero-order valence-electron chi connectivity index (χ0n) is 17.6. The third-order valence-corrected chi connectivity index (χ3v) is 6.07. The van der Waals surface area contributed by atoms with Gasteiger partial charge in [0.2, 0.25) is 5.91 Å². The summed E-state index contributed by atoms with van der Waals surface area (Å²) in [6.45, 7) is 8.16. The van der Waals surface area contributed by atoms with Crippen molar-refractivity contribution in [2.75, 3.05) is 45.9 Å². The van der Waals surface area contributed by atoms with Crippen LogP contribution in [0.3, 0.4) is 0 Å². The number of carbonyl (C=O) groups is 1. The van der Waals surface area contributed by atoms with E-state index in [9.17, 15) is 4.79 Å². The number of hydrogen-bond acceptors (Lipinski definition) is 5. The van der Waals surface area contributed by atoms with E-state index in [2.05, 4.69) is 9.80 Å². The number of nitrogens with zero attached hydrogens (tertiary/aromatic N) is 3. The molecule has 1 aromatic carbocycles. The number of ether oxygens (including phenoxy) is 1. The zero-order valence-corrected chi connectivity index (χ0v) is 18.3. The molecule has 6 nitrogen and oxygen atoms in total. The first kappa shape index (κ1) is 21.2. The number of benzene rings is 1. The van der Waals surface area contributed by atoms with E-state index in [4.69, 9.17) is 20.8 Å². The van der Waals surface area contributed by atoms with Crippen molar-refractivity contribution in [2.24, 2.45) is 0 Å². The first-order valence-electron chi connectivity index (χ1n) is 10.8. The minimum absolute atomic E-state index is 0.210. The Morgan fingerprint density at radius 3 is 2.53 bits per heavy atom. The molecular weight excluding hydrogens is 402 g/mol. The van der Waals surface area contributed by atoms with Gasteiger partial charge in [-0.25, -0.2) is 0 Å². The van der Waals surface area contributed by atoms with Crippen LogP contribution in [0.15, 0.2) is 40.8 Å². The summed E-state index contributed by atoms with van der Waals surface area (Å²) < 4.78 is 11.5. The number of para-hydroxylation sites is 1. The van der Waals surface area contributed by atoms with Gasteiger partial charge in [-0.2, -0.15) is 0 Å². The maximum absolute atomic E-state index is 12.9. The number of amides is 1. The first-order chi connectivity index (χ1) is 14.6. The Bertz CT molecular complexity index is 844. The molecule has 162 valence electrons. The minimum Gasteiger partial charge on any atom is -0.491 e. The molecule has 1 aromatic heterocycles. The van der Waals surface area contributed by atoms with E-state index in [0.29, 0.717) is 30.8 Å². The second kappa shape index (κ2) is 9.86. The predicted octanol–water partition coefficient (Wildman–Crippen LogP) is 3.43. The molecule has 2 fully saturated rings. The molecule has 1 aliphatic carbocycles. The lowest BCUT2D eigenvalue weighted by atomic mass is 10.3. The maximum Gasteiger partial charge on any atom is 0.237 e. The van der Waals surface area contributed by atoms with Crippen LogP contribution in [0.4, 0.5) is 0 Å². The molecule has 1 saturated carbocycles. The predicted molar refractivity (Wildman–Crippen MR) is 117 cm³/mol. The van der Waals surface area contributed by atoms with Gasteiger partial charge in [-0.3, -0.25) is 14.6 Å². The number of rotatable bonds is 9. The van der Waals surface area contributed by atoms with Crippen LogP contribution in [-0.4, -0.2) is 72.5 Å². The number of aryl methyl sites for hydroxylation is 1. The largest absolute Gasteiger partial charge is 0.491 e. The summed E-state index contributed by atoms with van der Waals surface area (Å²) in [5, 5.41) is 0.644. The van der Waals surface area contributed by atoms with Crippen molar-refractivity contribution in [2.45, 2.75) is 32.4 Å². The van der Waals surface area contributed by atoms with E-state index >= 15 is 0 Å². The van der Waals surface area contributed by atoms with Gasteiger partial charge in [0.15, 0.2) is 0 Å². The second-order valence-corrected chi connectivity index (χ2v) is 8.57. The van der Waals surface area contributed by atoms with E-state index in [-0.39, 0.29) is 5.91 Å². The fraction of sp³-hybridized carbons (Fsp3) is 0.522. The van der Waals surface area contributed by atoms with Gasteiger partial charge in [0.1, 0.15) is 23.9 Å². The van der Waals surface area contributed by atoms with Gasteiger partial charge < -0.3 is 14.1 Å². The third-order valence-electron chi connectivity index (χ3n) is 5.76. The number of furan rings is 1. The molecule has 30 heavy (non-hydrogen) atoms. The summed E-state index contributed by atoms with van der Waals surface area (Å²) in [5.74, 6) is 2.70. The summed E-state index contributed by atoms with van der Waals surface area (Å²) in [6.07, 6.45) is 2.20. The molecule has 1 amide bonds. The highest BCUT2D eigenvalue weighted by molar-refractivity contribution is 6.32. The summed E-state index contributed by atoms with van der Waals surface area (Å²) in [5.41, 5.74) is 0. The van der Waals surface area contributed by atoms with Crippen LogP contribution in [-0.2, 0) is 11.3 Å². The van der Waals surface area contributed by atoms with E-state index in [0.717, 1.165) is 62.8 Å². The third kappa shape index (κ3) is 5.78. The van der Waals surface area contributed by atoms with Crippen LogP contribution in [0.1, 0.15) is 24.4 Å². The Hall–Kier alpha value is -2.02. The fourth-order valence-corrected chi connectivity index (χ4v) is 4.04. The number of halogens is 1. The topological polar surface area (TPSA) is 49.2 Å². The Kier molecular flexibility index (Phi) is 6.97. The van der Waals surface area contributed by atoms with Crippen LogP contribution in [0, 0.1) is 6.92 Å². The van der Waals surface area contributed by atoms with Gasteiger partial charge in [-0.1, -0.05) is 23.7 Å². The standard InChI is InChI=1S/C23H30ClN3O3/c1-18-6-9-20(30-18)16-27(19-7-8-19)23(28)17-26-12-10-25(11-13-26)14-15-29-22-5-3-2-4-21(22)24/h2-6,9,19H,7-8,10-17H2,1H3. The molecule has 2 aromatic rings. The monoisotopic (exact) mass is 431 g/mol. The number of carbonyl (C=O) groups excluding carboxylic acids is 1. The van der Waals surface area contributed by atoms with Crippen molar-refractivity contribution in [3.05, 3.63) is 52.9 Å². The average molecular weight is 432 g/mol. The smallest absolute Gasteiger partial charge is 0.237 e. The van der Waals surface area contributed by atoms with Crippen molar-refractivity contribution in [3.8, 4) is 5.75 Å². The molecule has 0 N–H and O–H groups in total. The van der Waals surface area contributed by atoms with Gasteiger partial charge in [-0.15, -0.1) is 0 Å². The average Bonchev–Trinajstić information content (AvgIpc) is 3.50. The summed E-state index contributed by atoms with van der Waals surface area (Å²) in [7, 11) is 0. The molecule has 1 aliphatic heterocycles. The summed E-state index contributed by atoms with van der Waals surface area (Å²) in [4.78, 5) is 19.6. The molecule has 0 unspecified atom stereocenters. The molecule has 4 rings (SSSR count). The molecule has 0 spiro atoms. The molecular formula is C23H30ClN3O3. The van der Waals surface area contributed by atoms with E-state index in [1.54, 1.807) is 0 Å². The minimum atomic E-state index is 0.210. The number of piperazine rings is 1. The first-order valence-corrected chi connectivity index (χ1v) is 11.1. The van der Waals surface area contributed by atoms with Gasteiger partial charge in [0.05, 0.1) is 18.1 Å². The summed E-state index contributed by atoms with van der Waals surface area (Å²) in [6, 6.07) is 11.9. The normalized spacial score (nSPS) is 17.8. The van der Waals surface area contributed by atoms with Crippen LogP contribution in [0.2, 0.25) is 5.02 Å². The quantitative estimate of drug-likeness (QED) is 0.608. The van der Waals surface area contributed by atoms with Gasteiger partial charge in [0, 0.05) is 38.8 Å². The number of hydrogen-bond donors (Lipinski definition) is 0. The lowest BCUT2D eigenvalue weighted by Crippen LogP contribution is -2.50. The Labute approximate surface area is 183 Å². The maximum atomic E-state index is 12.9. The molecule has 0 radical (unpaired) electrons. The zero-order chi connectivity index (χ0) is 20.9. The van der Waals surface area contributed by atoms with E-state index in [1.807, 2.05) is 48.2 Å². The fourth-order valence-electron chi connectivity index (χ4n) is 3.84. The van der Waals surface area contributed by atoms with Crippen LogP contribution in [0.5, 0.6) is 5.75 Å². The Morgan fingerprint density at radius 1 is 1.13 bits per heavy atom. The highest BCUT2D eigenvalue weighted by atomic mass is 35.5. The highest BCUT2D eigenvalue weighted by Gasteiger charge is 2.34. The lowest BCUT2D eigenvalue weighted by Gasteiger charge is -2.35. The SMILES string of the molecule is Cc1ccc(CN(C(=O)CN2CCN(CCOc3ccccc3Cl)CC2)C2CC2)o1.